The van der Waals surface area contributed by atoms with Crippen molar-refractivity contribution >= 4 is 11.9 Å². The molecule has 2 aromatic carbocycles. The first-order valence-electron chi connectivity index (χ1n) is 9.72. The summed E-state index contributed by atoms with van der Waals surface area (Å²) in [7, 11) is 0. The molecular formula is C23H25FN4O. The SMILES string of the molecule is CCN(Cc1ccccc1)c1nc(C)cc(C(=O)NCCc2ccc(F)cc2)n1. The third kappa shape index (κ3) is 5.85. The molecule has 1 aromatic heterocycles. The monoisotopic (exact) mass is 392 g/mol. The summed E-state index contributed by atoms with van der Waals surface area (Å²) in [5.41, 5.74) is 3.21. The van der Waals surface area contributed by atoms with Crippen molar-refractivity contribution < 1.29 is 9.18 Å². The maximum absolute atomic E-state index is 13.0. The maximum Gasteiger partial charge on any atom is 0.270 e. The number of benzene rings is 2. The molecule has 5 nitrogen and oxygen atoms in total. The Kier molecular flexibility index (Phi) is 6.89. The summed E-state index contributed by atoms with van der Waals surface area (Å²) in [4.78, 5) is 23.6. The molecular weight excluding hydrogens is 367 g/mol. The van der Waals surface area contributed by atoms with Gasteiger partial charge in [-0.15, -0.1) is 0 Å². The molecule has 3 aromatic rings. The van der Waals surface area contributed by atoms with Crippen molar-refractivity contribution in [1.82, 2.24) is 15.3 Å². The van der Waals surface area contributed by atoms with Crippen molar-refractivity contribution in [2.75, 3.05) is 18.0 Å². The highest BCUT2D eigenvalue weighted by atomic mass is 19.1. The summed E-state index contributed by atoms with van der Waals surface area (Å²) >= 11 is 0. The lowest BCUT2D eigenvalue weighted by molar-refractivity contribution is 0.0949. The van der Waals surface area contributed by atoms with Gasteiger partial charge in [0.2, 0.25) is 5.95 Å². The van der Waals surface area contributed by atoms with Crippen LogP contribution in [0.4, 0.5) is 10.3 Å². The second kappa shape index (κ2) is 9.78. The van der Waals surface area contributed by atoms with Gasteiger partial charge in [0.05, 0.1) is 0 Å². The third-order valence-electron chi connectivity index (χ3n) is 4.57. The van der Waals surface area contributed by atoms with Crippen molar-refractivity contribution in [3.63, 3.8) is 0 Å². The molecule has 1 amide bonds. The average Bonchev–Trinajstić information content (AvgIpc) is 2.73. The Morgan fingerprint density at radius 3 is 2.45 bits per heavy atom. The molecule has 0 saturated carbocycles. The number of halogens is 1. The first kappa shape index (κ1) is 20.5. The van der Waals surface area contributed by atoms with Gasteiger partial charge in [-0.1, -0.05) is 42.5 Å². The van der Waals surface area contributed by atoms with Crippen LogP contribution in [0, 0.1) is 12.7 Å². The highest BCUT2D eigenvalue weighted by Gasteiger charge is 2.14. The Balaban J connectivity index is 1.66. The van der Waals surface area contributed by atoms with E-state index in [1.807, 2.05) is 36.9 Å². The Labute approximate surface area is 170 Å². The van der Waals surface area contributed by atoms with Crippen LogP contribution in [0.3, 0.4) is 0 Å². The van der Waals surface area contributed by atoms with E-state index in [4.69, 9.17) is 0 Å². The molecule has 150 valence electrons. The number of anilines is 1. The molecule has 0 atom stereocenters. The molecule has 3 rings (SSSR count). The van der Waals surface area contributed by atoms with Crippen LogP contribution < -0.4 is 10.2 Å². The van der Waals surface area contributed by atoms with Gasteiger partial charge < -0.3 is 10.2 Å². The fourth-order valence-corrected chi connectivity index (χ4v) is 3.00. The average molecular weight is 392 g/mol. The van der Waals surface area contributed by atoms with Crippen molar-refractivity contribution in [2.24, 2.45) is 0 Å². The molecule has 29 heavy (non-hydrogen) atoms. The van der Waals surface area contributed by atoms with Crippen molar-refractivity contribution in [1.29, 1.82) is 0 Å². The molecule has 6 heteroatoms. The smallest absolute Gasteiger partial charge is 0.270 e. The lowest BCUT2D eigenvalue weighted by atomic mass is 10.1. The first-order chi connectivity index (χ1) is 14.0. The topological polar surface area (TPSA) is 58.1 Å². The lowest BCUT2D eigenvalue weighted by Gasteiger charge is -2.21. The summed E-state index contributed by atoms with van der Waals surface area (Å²) in [6.45, 7) is 5.74. The van der Waals surface area contributed by atoms with Gasteiger partial charge in [-0.3, -0.25) is 4.79 Å². The number of hydrogen-bond acceptors (Lipinski definition) is 4. The van der Waals surface area contributed by atoms with E-state index in [-0.39, 0.29) is 11.7 Å². The highest BCUT2D eigenvalue weighted by molar-refractivity contribution is 5.92. The number of carbonyl (C=O) groups is 1. The van der Waals surface area contributed by atoms with Crippen molar-refractivity contribution in [3.8, 4) is 0 Å². The minimum Gasteiger partial charge on any atom is -0.350 e. The standard InChI is InChI=1S/C23H25FN4O/c1-3-28(16-19-7-5-4-6-8-19)23-26-17(2)15-21(27-23)22(29)25-14-13-18-9-11-20(24)12-10-18/h4-12,15H,3,13-14,16H2,1-2H3,(H,25,29). The van der Waals surface area contributed by atoms with Crippen molar-refractivity contribution in [2.45, 2.75) is 26.8 Å². The Hall–Kier alpha value is -3.28. The van der Waals surface area contributed by atoms with E-state index < -0.39 is 0 Å². The molecule has 0 unspecified atom stereocenters. The molecule has 0 aliphatic heterocycles. The number of carbonyl (C=O) groups excluding carboxylic acids is 1. The molecule has 0 bridgehead atoms. The molecule has 0 aliphatic carbocycles. The zero-order valence-electron chi connectivity index (χ0n) is 16.7. The molecule has 0 fully saturated rings. The number of aryl methyl sites for hydroxylation is 1. The van der Waals surface area contributed by atoms with E-state index in [0.717, 1.165) is 23.4 Å². The number of rotatable bonds is 8. The molecule has 0 aliphatic rings. The van der Waals surface area contributed by atoms with Gasteiger partial charge in [0, 0.05) is 25.3 Å². The quantitative estimate of drug-likeness (QED) is 0.631. The number of nitrogens with zero attached hydrogens (tertiary/aromatic N) is 3. The van der Waals surface area contributed by atoms with E-state index in [0.29, 0.717) is 31.2 Å². The van der Waals surface area contributed by atoms with Gasteiger partial charge >= 0.3 is 0 Å². The van der Waals surface area contributed by atoms with E-state index in [1.165, 1.54) is 12.1 Å². The minimum absolute atomic E-state index is 0.241. The van der Waals surface area contributed by atoms with E-state index in [2.05, 4.69) is 27.4 Å². The molecule has 0 spiro atoms. The number of amides is 1. The van der Waals surface area contributed by atoms with E-state index >= 15 is 0 Å². The predicted octanol–water partition coefficient (Wildman–Crippen LogP) is 3.92. The van der Waals surface area contributed by atoms with Crippen LogP contribution in [0.2, 0.25) is 0 Å². The van der Waals surface area contributed by atoms with Crippen LogP contribution in [0.1, 0.15) is 34.2 Å². The second-order valence-electron chi connectivity index (χ2n) is 6.83. The normalized spacial score (nSPS) is 10.6. The van der Waals surface area contributed by atoms with Crippen LogP contribution in [-0.4, -0.2) is 29.0 Å². The van der Waals surface area contributed by atoms with Gasteiger partial charge in [0.25, 0.3) is 5.91 Å². The fraction of sp³-hybridized carbons (Fsp3) is 0.261. The van der Waals surface area contributed by atoms with E-state index in [1.54, 1.807) is 18.2 Å². The number of aromatic nitrogens is 2. The lowest BCUT2D eigenvalue weighted by Crippen LogP contribution is -2.29. The zero-order valence-corrected chi connectivity index (χ0v) is 16.7. The Morgan fingerprint density at radius 1 is 1.03 bits per heavy atom. The Bertz CT molecular complexity index is 945. The first-order valence-corrected chi connectivity index (χ1v) is 9.72. The number of hydrogen-bond donors (Lipinski definition) is 1. The molecule has 0 radical (unpaired) electrons. The third-order valence-corrected chi connectivity index (χ3v) is 4.57. The Morgan fingerprint density at radius 2 is 1.76 bits per heavy atom. The fourth-order valence-electron chi connectivity index (χ4n) is 3.00. The maximum atomic E-state index is 13.0. The number of nitrogens with one attached hydrogen (secondary N) is 1. The second-order valence-corrected chi connectivity index (χ2v) is 6.83. The van der Waals surface area contributed by atoms with Crippen LogP contribution >= 0.6 is 0 Å². The van der Waals surface area contributed by atoms with Crippen LogP contribution in [0.5, 0.6) is 0 Å². The van der Waals surface area contributed by atoms with Gasteiger partial charge in [0.15, 0.2) is 0 Å². The molecule has 1 heterocycles. The van der Waals surface area contributed by atoms with E-state index in [9.17, 15) is 9.18 Å². The van der Waals surface area contributed by atoms with Gasteiger partial charge in [0.1, 0.15) is 11.5 Å². The van der Waals surface area contributed by atoms with Crippen LogP contribution in [0.15, 0.2) is 60.7 Å². The molecule has 1 N–H and O–H groups in total. The van der Waals surface area contributed by atoms with Crippen LogP contribution in [-0.2, 0) is 13.0 Å². The minimum atomic E-state index is -0.266. The summed E-state index contributed by atoms with van der Waals surface area (Å²) in [6.07, 6.45) is 0.623. The predicted molar refractivity (Wildman–Crippen MR) is 112 cm³/mol. The summed E-state index contributed by atoms with van der Waals surface area (Å²) in [6, 6.07) is 18.1. The van der Waals surface area contributed by atoms with Crippen LogP contribution in [0.25, 0.3) is 0 Å². The van der Waals surface area contributed by atoms with Gasteiger partial charge in [-0.2, -0.15) is 0 Å². The van der Waals surface area contributed by atoms with Gasteiger partial charge in [-0.25, -0.2) is 14.4 Å². The summed E-state index contributed by atoms with van der Waals surface area (Å²) in [5, 5.41) is 2.88. The highest BCUT2D eigenvalue weighted by Crippen LogP contribution is 2.14. The van der Waals surface area contributed by atoms with Crippen molar-refractivity contribution in [3.05, 3.63) is 89.0 Å². The largest absolute Gasteiger partial charge is 0.350 e. The zero-order chi connectivity index (χ0) is 20.6. The summed E-state index contributed by atoms with van der Waals surface area (Å²) in [5.74, 6) is 0.0346. The molecule has 0 saturated heterocycles. The summed E-state index contributed by atoms with van der Waals surface area (Å²) < 4.78 is 13.0. The van der Waals surface area contributed by atoms with Gasteiger partial charge in [-0.05, 0) is 49.6 Å².